The van der Waals surface area contributed by atoms with E-state index in [4.69, 9.17) is 8.85 Å². The second-order valence-electron chi connectivity index (χ2n) is 7.26. The van der Waals surface area contributed by atoms with Crippen molar-refractivity contribution in [2.45, 2.75) is 89.6 Å². The Morgan fingerprint density at radius 2 is 0.750 bits per heavy atom. The lowest BCUT2D eigenvalue weighted by atomic mass is 10.1. The third-order valence-corrected chi connectivity index (χ3v) is 9.74. The molecule has 20 heavy (non-hydrogen) atoms. The van der Waals surface area contributed by atoms with Gasteiger partial charge in [0, 0.05) is 14.2 Å². The van der Waals surface area contributed by atoms with Gasteiger partial charge in [-0.1, -0.05) is 51.4 Å². The van der Waals surface area contributed by atoms with E-state index >= 15 is 0 Å². The Bertz CT molecular complexity index is 207. The Kier molecular flexibility index (Phi) is 11.2. The third kappa shape index (κ3) is 12.1. The van der Waals surface area contributed by atoms with Crippen LogP contribution < -0.4 is 0 Å². The standard InChI is InChI=1S/C16H38O2Si2/c1-17-19(3,4)15-13-11-9-7-8-10-12-14-16-20(5,6)18-2/h7-16H2,1-6H3. The highest BCUT2D eigenvalue weighted by atomic mass is 28.4. The quantitative estimate of drug-likeness (QED) is 0.315. The predicted molar refractivity (Wildman–Crippen MR) is 95.5 cm³/mol. The van der Waals surface area contributed by atoms with Crippen molar-refractivity contribution in [1.82, 2.24) is 0 Å². The molecule has 0 aromatic carbocycles. The minimum atomic E-state index is -1.29. The van der Waals surface area contributed by atoms with Crippen molar-refractivity contribution in [2.75, 3.05) is 14.2 Å². The van der Waals surface area contributed by atoms with Gasteiger partial charge in [-0.3, -0.25) is 0 Å². The van der Waals surface area contributed by atoms with Crippen LogP contribution in [0.5, 0.6) is 0 Å². The average molecular weight is 319 g/mol. The molecule has 0 fully saturated rings. The topological polar surface area (TPSA) is 18.5 Å². The Morgan fingerprint density at radius 1 is 0.500 bits per heavy atom. The maximum absolute atomic E-state index is 5.58. The highest BCUT2D eigenvalue weighted by Gasteiger charge is 2.19. The van der Waals surface area contributed by atoms with Crippen LogP contribution in [0, 0.1) is 0 Å². The summed E-state index contributed by atoms with van der Waals surface area (Å²) in [5, 5.41) is 0. The smallest absolute Gasteiger partial charge is 0.186 e. The minimum Gasteiger partial charge on any atom is -0.420 e. The molecule has 2 nitrogen and oxygen atoms in total. The van der Waals surface area contributed by atoms with Gasteiger partial charge in [0.05, 0.1) is 0 Å². The summed E-state index contributed by atoms with van der Waals surface area (Å²) in [7, 11) is 1.16. The molecule has 0 saturated heterocycles. The van der Waals surface area contributed by atoms with E-state index < -0.39 is 16.6 Å². The lowest BCUT2D eigenvalue weighted by molar-refractivity contribution is 0.399. The molecule has 4 heteroatoms. The molecule has 0 radical (unpaired) electrons. The fraction of sp³-hybridized carbons (Fsp3) is 1.00. The van der Waals surface area contributed by atoms with E-state index in [1.807, 2.05) is 14.2 Å². The van der Waals surface area contributed by atoms with Crippen LogP contribution in [0.25, 0.3) is 0 Å². The van der Waals surface area contributed by atoms with Crippen LogP contribution in [0.4, 0.5) is 0 Å². The van der Waals surface area contributed by atoms with E-state index in [2.05, 4.69) is 26.2 Å². The molecule has 0 saturated carbocycles. The second-order valence-corrected chi connectivity index (χ2v) is 16.1. The molecular formula is C16H38O2Si2. The Balaban J connectivity index is 3.26. The summed E-state index contributed by atoms with van der Waals surface area (Å²) in [6, 6.07) is 2.64. The molecule has 0 aromatic rings. The van der Waals surface area contributed by atoms with Gasteiger partial charge in [-0.25, -0.2) is 0 Å². The molecule has 0 bridgehead atoms. The average Bonchev–Trinajstić information content (AvgIpc) is 2.41. The zero-order chi connectivity index (χ0) is 15.5. The summed E-state index contributed by atoms with van der Waals surface area (Å²) in [4.78, 5) is 0. The van der Waals surface area contributed by atoms with E-state index in [0.717, 1.165) is 0 Å². The maximum atomic E-state index is 5.58. The predicted octanol–water partition coefficient (Wildman–Crippen LogP) is 5.81. The fourth-order valence-electron chi connectivity index (χ4n) is 2.37. The zero-order valence-electron chi connectivity index (χ0n) is 14.9. The zero-order valence-corrected chi connectivity index (χ0v) is 16.9. The second kappa shape index (κ2) is 11.0. The van der Waals surface area contributed by atoms with Crippen molar-refractivity contribution in [3.8, 4) is 0 Å². The highest BCUT2D eigenvalue weighted by molar-refractivity contribution is 6.71. The van der Waals surface area contributed by atoms with Crippen LogP contribution in [0.3, 0.4) is 0 Å². The molecule has 0 aliphatic carbocycles. The van der Waals surface area contributed by atoms with Gasteiger partial charge in [0.15, 0.2) is 16.6 Å². The van der Waals surface area contributed by atoms with E-state index in [1.54, 1.807) is 0 Å². The largest absolute Gasteiger partial charge is 0.420 e. The maximum Gasteiger partial charge on any atom is 0.186 e. The molecule has 0 amide bonds. The highest BCUT2D eigenvalue weighted by Crippen LogP contribution is 2.18. The first kappa shape index (κ1) is 20.4. The fourth-order valence-corrected chi connectivity index (χ4v) is 4.98. The van der Waals surface area contributed by atoms with E-state index in [-0.39, 0.29) is 0 Å². The molecule has 0 aromatic heterocycles. The van der Waals surface area contributed by atoms with Crippen molar-refractivity contribution in [1.29, 1.82) is 0 Å². The van der Waals surface area contributed by atoms with Crippen molar-refractivity contribution < 1.29 is 8.85 Å². The molecule has 0 aliphatic rings. The SMILES string of the molecule is CO[Si](C)(C)CCCCCCCCCC[Si](C)(C)OC. The molecule has 0 N–H and O–H groups in total. The van der Waals surface area contributed by atoms with Gasteiger partial charge in [-0.2, -0.15) is 0 Å². The Hall–Kier alpha value is 0.354. The molecule has 0 rings (SSSR count). The number of rotatable bonds is 13. The first-order valence-corrected chi connectivity index (χ1v) is 14.7. The summed E-state index contributed by atoms with van der Waals surface area (Å²) < 4.78 is 11.2. The molecule has 0 unspecified atom stereocenters. The first-order valence-electron chi connectivity index (χ1n) is 8.43. The summed E-state index contributed by atoms with van der Waals surface area (Å²) in [6.45, 7) is 9.27. The van der Waals surface area contributed by atoms with Crippen LogP contribution in [-0.4, -0.2) is 30.9 Å². The van der Waals surface area contributed by atoms with Gasteiger partial charge < -0.3 is 8.85 Å². The molecule has 0 spiro atoms. The van der Waals surface area contributed by atoms with Crippen LogP contribution >= 0.6 is 0 Å². The normalized spacial score (nSPS) is 12.9. The lowest BCUT2D eigenvalue weighted by Crippen LogP contribution is -2.27. The van der Waals surface area contributed by atoms with E-state index in [0.29, 0.717) is 0 Å². The number of hydrogen-bond donors (Lipinski definition) is 0. The van der Waals surface area contributed by atoms with Gasteiger partial charge in [0.25, 0.3) is 0 Å². The lowest BCUT2D eigenvalue weighted by Gasteiger charge is -2.19. The third-order valence-electron chi connectivity index (χ3n) is 4.41. The summed E-state index contributed by atoms with van der Waals surface area (Å²) >= 11 is 0. The van der Waals surface area contributed by atoms with Crippen LogP contribution in [0.2, 0.25) is 38.3 Å². The number of hydrogen-bond acceptors (Lipinski definition) is 2. The first-order chi connectivity index (χ1) is 9.33. The summed E-state index contributed by atoms with van der Waals surface area (Å²) in [6.07, 6.45) is 11.2. The van der Waals surface area contributed by atoms with Crippen LogP contribution in [0.15, 0.2) is 0 Å². The van der Waals surface area contributed by atoms with Gasteiger partial charge in [0.1, 0.15) is 0 Å². The van der Waals surface area contributed by atoms with Gasteiger partial charge in [-0.15, -0.1) is 0 Å². The van der Waals surface area contributed by atoms with Crippen molar-refractivity contribution in [3.63, 3.8) is 0 Å². The molecular weight excluding hydrogens is 280 g/mol. The van der Waals surface area contributed by atoms with Crippen molar-refractivity contribution in [3.05, 3.63) is 0 Å². The Labute approximate surface area is 129 Å². The molecule has 0 heterocycles. The monoisotopic (exact) mass is 318 g/mol. The van der Waals surface area contributed by atoms with Gasteiger partial charge in [-0.05, 0) is 38.3 Å². The van der Waals surface area contributed by atoms with E-state index in [9.17, 15) is 0 Å². The summed E-state index contributed by atoms with van der Waals surface area (Å²) in [5.41, 5.74) is 0. The summed E-state index contributed by atoms with van der Waals surface area (Å²) in [5.74, 6) is 0. The number of unbranched alkanes of at least 4 members (excludes halogenated alkanes) is 7. The molecule has 122 valence electrons. The van der Waals surface area contributed by atoms with Gasteiger partial charge in [0.2, 0.25) is 0 Å². The molecule has 0 aliphatic heterocycles. The van der Waals surface area contributed by atoms with Crippen molar-refractivity contribution >= 4 is 16.6 Å². The van der Waals surface area contributed by atoms with E-state index in [1.165, 1.54) is 63.5 Å². The molecule has 0 atom stereocenters. The Morgan fingerprint density at radius 3 is 1.00 bits per heavy atom. The van der Waals surface area contributed by atoms with Crippen LogP contribution in [-0.2, 0) is 8.85 Å². The van der Waals surface area contributed by atoms with Crippen LogP contribution in [0.1, 0.15) is 51.4 Å². The van der Waals surface area contributed by atoms with Gasteiger partial charge >= 0.3 is 0 Å². The van der Waals surface area contributed by atoms with Crippen molar-refractivity contribution in [2.24, 2.45) is 0 Å². The minimum absolute atomic E-state index is 1.29.